The first-order chi connectivity index (χ1) is 7.61. The summed E-state index contributed by atoms with van der Waals surface area (Å²) < 4.78 is 5.86. The van der Waals surface area contributed by atoms with Crippen LogP contribution in [0.2, 0.25) is 0 Å². The number of carbonyl (C=O) groups excluding carboxylic acids is 1. The number of amides is 1. The quantitative estimate of drug-likeness (QED) is 0.905. The molecule has 0 aliphatic heterocycles. The molecule has 0 radical (unpaired) electrons. The van der Waals surface area contributed by atoms with Gasteiger partial charge in [0, 0.05) is 30.8 Å². The van der Waals surface area contributed by atoms with Crippen molar-refractivity contribution in [2.45, 2.75) is 13.3 Å². The zero-order valence-corrected chi connectivity index (χ0v) is 11.0. The first-order valence-corrected chi connectivity index (χ1v) is 5.81. The molecule has 0 saturated carbocycles. The molecular weight excluding hydrogens is 272 g/mol. The van der Waals surface area contributed by atoms with Crippen LogP contribution in [0.25, 0.3) is 0 Å². The Kier molecular flexibility index (Phi) is 5.42. The molecule has 0 aliphatic carbocycles. The maximum Gasteiger partial charge on any atom is 0.225 e. The summed E-state index contributed by atoms with van der Waals surface area (Å²) in [6.45, 7) is 2.55. The summed E-state index contributed by atoms with van der Waals surface area (Å²) >= 11 is 3.32. The van der Waals surface area contributed by atoms with Gasteiger partial charge in [0.1, 0.15) is 5.82 Å². The molecule has 0 fully saturated rings. The van der Waals surface area contributed by atoms with Gasteiger partial charge in [0.15, 0.2) is 0 Å². The Labute approximate surface area is 104 Å². The van der Waals surface area contributed by atoms with Gasteiger partial charge in [-0.25, -0.2) is 4.98 Å². The maximum absolute atomic E-state index is 11.6. The van der Waals surface area contributed by atoms with Crippen molar-refractivity contribution >= 4 is 27.7 Å². The number of hydrogen-bond acceptors (Lipinski definition) is 3. The molecule has 1 N–H and O–H groups in total. The molecular formula is C11H15BrN2O2. The van der Waals surface area contributed by atoms with Crippen LogP contribution < -0.4 is 5.32 Å². The summed E-state index contributed by atoms with van der Waals surface area (Å²) in [5.41, 5.74) is 0. The van der Waals surface area contributed by atoms with E-state index in [1.807, 2.05) is 13.0 Å². The summed E-state index contributed by atoms with van der Waals surface area (Å²) in [7, 11) is 1.63. The molecule has 1 amide bonds. The molecule has 16 heavy (non-hydrogen) atoms. The van der Waals surface area contributed by atoms with Crippen LogP contribution in [-0.2, 0) is 9.53 Å². The van der Waals surface area contributed by atoms with Crippen LogP contribution in [0.15, 0.2) is 22.8 Å². The third-order valence-electron chi connectivity index (χ3n) is 1.97. The fourth-order valence-corrected chi connectivity index (χ4v) is 1.66. The number of anilines is 1. The van der Waals surface area contributed by atoms with E-state index in [2.05, 4.69) is 26.2 Å². The van der Waals surface area contributed by atoms with Gasteiger partial charge in [0.05, 0.1) is 0 Å². The monoisotopic (exact) mass is 286 g/mol. The number of hydrogen-bond donors (Lipinski definition) is 1. The normalized spacial score (nSPS) is 12.2. The lowest BCUT2D eigenvalue weighted by Crippen LogP contribution is -2.18. The van der Waals surface area contributed by atoms with Crippen LogP contribution in [0.4, 0.5) is 5.82 Å². The van der Waals surface area contributed by atoms with Crippen LogP contribution in [0.5, 0.6) is 0 Å². The van der Waals surface area contributed by atoms with Gasteiger partial charge in [0.2, 0.25) is 5.91 Å². The molecule has 0 aliphatic rings. The number of halogens is 1. The molecule has 0 saturated heterocycles. The van der Waals surface area contributed by atoms with Crippen molar-refractivity contribution in [2.75, 3.05) is 19.0 Å². The summed E-state index contributed by atoms with van der Waals surface area (Å²) in [5.74, 6) is 0.719. The molecule has 1 rings (SSSR count). The Hall–Kier alpha value is -0.940. The Morgan fingerprint density at radius 1 is 1.69 bits per heavy atom. The summed E-state index contributed by atoms with van der Waals surface area (Å²) in [4.78, 5) is 15.6. The minimum Gasteiger partial charge on any atom is -0.384 e. The highest BCUT2D eigenvalue weighted by Gasteiger charge is 2.09. The minimum atomic E-state index is -0.0462. The smallest absolute Gasteiger partial charge is 0.225 e. The van der Waals surface area contributed by atoms with E-state index in [1.165, 1.54) is 0 Å². The van der Waals surface area contributed by atoms with Crippen LogP contribution in [0, 0.1) is 5.92 Å². The van der Waals surface area contributed by atoms with Gasteiger partial charge in [-0.05, 0) is 18.1 Å². The molecule has 1 unspecified atom stereocenters. The molecule has 0 spiro atoms. The number of carbonyl (C=O) groups is 1. The van der Waals surface area contributed by atoms with Crippen molar-refractivity contribution in [3.05, 3.63) is 22.8 Å². The Morgan fingerprint density at radius 3 is 3.06 bits per heavy atom. The van der Waals surface area contributed by atoms with Crippen molar-refractivity contribution in [2.24, 2.45) is 5.92 Å². The fourth-order valence-electron chi connectivity index (χ4n) is 1.33. The van der Waals surface area contributed by atoms with Crippen molar-refractivity contribution in [1.29, 1.82) is 0 Å². The second-order valence-electron chi connectivity index (χ2n) is 3.67. The largest absolute Gasteiger partial charge is 0.384 e. The van der Waals surface area contributed by atoms with E-state index in [0.717, 1.165) is 4.47 Å². The van der Waals surface area contributed by atoms with E-state index in [0.29, 0.717) is 18.8 Å². The third kappa shape index (κ3) is 4.72. The zero-order valence-electron chi connectivity index (χ0n) is 9.37. The lowest BCUT2D eigenvalue weighted by Gasteiger charge is -2.09. The summed E-state index contributed by atoms with van der Waals surface area (Å²) in [6, 6.07) is 3.57. The lowest BCUT2D eigenvalue weighted by molar-refractivity contribution is -0.117. The lowest BCUT2D eigenvalue weighted by atomic mass is 10.1. The Morgan fingerprint density at radius 2 is 2.44 bits per heavy atom. The van der Waals surface area contributed by atoms with Crippen LogP contribution >= 0.6 is 15.9 Å². The number of ether oxygens (including phenoxy) is 1. The van der Waals surface area contributed by atoms with Crippen molar-refractivity contribution in [3.63, 3.8) is 0 Å². The van der Waals surface area contributed by atoms with E-state index < -0.39 is 0 Å². The van der Waals surface area contributed by atoms with E-state index in [1.54, 1.807) is 19.4 Å². The molecule has 4 nitrogen and oxygen atoms in total. The van der Waals surface area contributed by atoms with E-state index >= 15 is 0 Å². The molecule has 1 atom stereocenters. The van der Waals surface area contributed by atoms with Gasteiger partial charge in [0.25, 0.3) is 0 Å². The molecule has 5 heteroatoms. The Balaban J connectivity index is 2.45. The first kappa shape index (κ1) is 13.1. The molecule has 1 aromatic rings. The number of nitrogens with one attached hydrogen (secondary N) is 1. The molecule has 0 bridgehead atoms. The van der Waals surface area contributed by atoms with E-state index in [4.69, 9.17) is 4.74 Å². The zero-order chi connectivity index (χ0) is 12.0. The van der Waals surface area contributed by atoms with Crippen molar-refractivity contribution in [1.82, 2.24) is 4.98 Å². The van der Waals surface area contributed by atoms with Crippen molar-refractivity contribution in [3.8, 4) is 0 Å². The molecule has 88 valence electrons. The van der Waals surface area contributed by atoms with Gasteiger partial charge >= 0.3 is 0 Å². The van der Waals surface area contributed by atoms with Crippen molar-refractivity contribution < 1.29 is 9.53 Å². The maximum atomic E-state index is 11.6. The standard InChI is InChI=1S/C11H15BrN2O2/c1-8(7-16-2)5-11(15)14-10-6-9(12)3-4-13-10/h3-4,6,8H,5,7H2,1-2H3,(H,13,14,15). The van der Waals surface area contributed by atoms with Crippen LogP contribution in [0.1, 0.15) is 13.3 Å². The summed E-state index contributed by atoms with van der Waals surface area (Å²) in [6.07, 6.45) is 2.07. The number of nitrogens with zero attached hydrogens (tertiary/aromatic N) is 1. The SMILES string of the molecule is COCC(C)CC(=O)Nc1cc(Br)ccn1. The number of aromatic nitrogens is 1. The third-order valence-corrected chi connectivity index (χ3v) is 2.47. The van der Waals surface area contributed by atoms with Gasteiger partial charge < -0.3 is 10.1 Å². The predicted octanol–water partition coefficient (Wildman–Crippen LogP) is 2.46. The predicted molar refractivity (Wildman–Crippen MR) is 66.2 cm³/mol. The first-order valence-electron chi connectivity index (χ1n) is 5.02. The van der Waals surface area contributed by atoms with Gasteiger partial charge in [-0.15, -0.1) is 0 Å². The molecule has 1 aromatic heterocycles. The van der Waals surface area contributed by atoms with Gasteiger partial charge in [-0.2, -0.15) is 0 Å². The van der Waals surface area contributed by atoms with Crippen LogP contribution in [-0.4, -0.2) is 24.6 Å². The average molecular weight is 287 g/mol. The second kappa shape index (κ2) is 6.60. The number of methoxy groups -OCH3 is 1. The average Bonchev–Trinajstić information content (AvgIpc) is 2.17. The number of pyridine rings is 1. The molecule has 0 aromatic carbocycles. The Bertz CT molecular complexity index is 358. The van der Waals surface area contributed by atoms with Gasteiger partial charge in [-0.1, -0.05) is 22.9 Å². The topological polar surface area (TPSA) is 51.2 Å². The highest BCUT2D eigenvalue weighted by Crippen LogP contribution is 2.13. The highest BCUT2D eigenvalue weighted by atomic mass is 79.9. The highest BCUT2D eigenvalue weighted by molar-refractivity contribution is 9.10. The second-order valence-corrected chi connectivity index (χ2v) is 4.59. The number of rotatable bonds is 5. The van der Waals surface area contributed by atoms with Gasteiger partial charge in [-0.3, -0.25) is 4.79 Å². The van der Waals surface area contributed by atoms with Crippen LogP contribution in [0.3, 0.4) is 0 Å². The molecule has 1 heterocycles. The van der Waals surface area contributed by atoms with E-state index in [-0.39, 0.29) is 11.8 Å². The summed E-state index contributed by atoms with van der Waals surface area (Å²) in [5, 5.41) is 2.74. The fraction of sp³-hybridized carbons (Fsp3) is 0.455. The minimum absolute atomic E-state index is 0.0462. The van der Waals surface area contributed by atoms with E-state index in [9.17, 15) is 4.79 Å².